The highest BCUT2D eigenvalue weighted by Crippen LogP contribution is 2.38. The van der Waals surface area contributed by atoms with Gasteiger partial charge in [-0.05, 0) is 131 Å². The highest BCUT2D eigenvalue weighted by Gasteiger charge is 2.24. The number of rotatable bonds is 3. The fourth-order valence-electron chi connectivity index (χ4n) is 4.52. The highest BCUT2D eigenvalue weighted by atomic mass is 16.4. The van der Waals surface area contributed by atoms with Crippen molar-refractivity contribution < 1.29 is 9.90 Å². The molecule has 2 aromatic carbocycles. The summed E-state index contributed by atoms with van der Waals surface area (Å²) < 4.78 is 1.86. The zero-order valence-corrected chi connectivity index (χ0v) is 19.8. The first kappa shape index (κ1) is 21.8. The molecule has 0 saturated heterocycles. The van der Waals surface area contributed by atoms with Crippen molar-refractivity contribution >= 4 is 5.97 Å². The van der Waals surface area contributed by atoms with Gasteiger partial charge in [-0.25, -0.2) is 9.48 Å². The van der Waals surface area contributed by atoms with Crippen LogP contribution < -0.4 is 0 Å². The minimum atomic E-state index is -1.01. The molecule has 3 aromatic rings. The van der Waals surface area contributed by atoms with Crippen LogP contribution in [0, 0.1) is 69.2 Å². The summed E-state index contributed by atoms with van der Waals surface area (Å²) in [4.78, 5) is 11.9. The number of nitrogens with zero attached hydrogens (tertiary/aromatic N) is 2. The molecule has 1 aromatic heterocycles. The van der Waals surface area contributed by atoms with E-state index in [1.807, 2.05) is 4.68 Å². The number of carboxylic acids is 1. The third-order valence-electron chi connectivity index (χ3n) is 7.36. The monoisotopic (exact) mass is 404 g/mol. The van der Waals surface area contributed by atoms with Crippen LogP contribution in [0.15, 0.2) is 6.07 Å². The summed E-state index contributed by atoms with van der Waals surface area (Å²) >= 11 is 0. The Labute approximate surface area is 179 Å². The lowest BCUT2D eigenvalue weighted by atomic mass is 9.87. The predicted octanol–water partition coefficient (Wildman–Crippen LogP) is 6.32. The van der Waals surface area contributed by atoms with Crippen LogP contribution in [0.5, 0.6) is 0 Å². The maximum atomic E-state index is 11.9. The summed E-state index contributed by atoms with van der Waals surface area (Å²) in [7, 11) is 0. The second-order valence-corrected chi connectivity index (χ2v) is 8.61. The molecule has 1 N–H and O–H groups in total. The lowest BCUT2D eigenvalue weighted by Crippen LogP contribution is -2.11. The molecule has 0 fully saturated rings. The van der Waals surface area contributed by atoms with Crippen molar-refractivity contribution in [1.82, 2.24) is 9.78 Å². The predicted molar refractivity (Wildman–Crippen MR) is 123 cm³/mol. The molecule has 0 radical (unpaired) electrons. The van der Waals surface area contributed by atoms with Gasteiger partial charge in [-0.15, -0.1) is 0 Å². The van der Waals surface area contributed by atoms with Gasteiger partial charge >= 0.3 is 5.97 Å². The molecule has 30 heavy (non-hydrogen) atoms. The summed E-state index contributed by atoms with van der Waals surface area (Å²) in [5.74, 6) is -1.01. The molecule has 0 unspecified atom stereocenters. The normalized spacial score (nSPS) is 11.3. The first-order valence-electron chi connectivity index (χ1n) is 10.4. The molecule has 4 heteroatoms. The quantitative estimate of drug-likeness (QED) is 0.555. The maximum Gasteiger partial charge on any atom is 0.356 e. The van der Waals surface area contributed by atoms with E-state index in [2.05, 4.69) is 74.3 Å². The number of carbonyl (C=O) groups is 1. The summed E-state index contributed by atoms with van der Waals surface area (Å²) in [6, 6.07) is 1.72. The van der Waals surface area contributed by atoms with Crippen molar-refractivity contribution in [2.24, 2.45) is 0 Å². The van der Waals surface area contributed by atoms with Gasteiger partial charge in [0, 0.05) is 5.56 Å². The fraction of sp³-hybridized carbons (Fsp3) is 0.385. The Morgan fingerprint density at radius 1 is 0.667 bits per heavy atom. The Bertz CT molecular complexity index is 1070. The van der Waals surface area contributed by atoms with E-state index >= 15 is 0 Å². The zero-order chi connectivity index (χ0) is 22.7. The van der Waals surface area contributed by atoms with E-state index in [1.54, 1.807) is 6.07 Å². The van der Waals surface area contributed by atoms with Crippen LogP contribution in [0.2, 0.25) is 0 Å². The van der Waals surface area contributed by atoms with Gasteiger partial charge in [0.1, 0.15) is 0 Å². The zero-order valence-electron chi connectivity index (χ0n) is 19.8. The fourth-order valence-corrected chi connectivity index (χ4v) is 4.52. The van der Waals surface area contributed by atoms with Gasteiger partial charge in [-0.1, -0.05) is 0 Å². The van der Waals surface area contributed by atoms with Crippen LogP contribution in [-0.4, -0.2) is 20.9 Å². The van der Waals surface area contributed by atoms with E-state index in [9.17, 15) is 9.90 Å². The van der Waals surface area contributed by atoms with E-state index < -0.39 is 5.97 Å². The lowest BCUT2D eigenvalue weighted by molar-refractivity contribution is 0.0690. The van der Waals surface area contributed by atoms with Crippen LogP contribution in [0.1, 0.15) is 66.1 Å². The molecule has 158 valence electrons. The smallest absolute Gasteiger partial charge is 0.356 e. The maximum absolute atomic E-state index is 11.9. The largest absolute Gasteiger partial charge is 0.476 e. The Hall–Kier alpha value is -2.88. The first-order chi connectivity index (χ1) is 13.9. The topological polar surface area (TPSA) is 55.1 Å². The number of aromatic nitrogens is 2. The molecule has 0 bridgehead atoms. The van der Waals surface area contributed by atoms with Gasteiger partial charge < -0.3 is 5.11 Å². The lowest BCUT2D eigenvalue weighted by Gasteiger charge is -2.23. The second kappa shape index (κ2) is 7.42. The van der Waals surface area contributed by atoms with Crippen molar-refractivity contribution in [3.05, 3.63) is 67.4 Å². The number of carboxylic acid groups (broad SMARTS) is 1. The Balaban J connectivity index is 2.51. The average molecular weight is 405 g/mol. The Kier molecular flexibility index (Phi) is 5.40. The van der Waals surface area contributed by atoms with Crippen molar-refractivity contribution in [3.63, 3.8) is 0 Å². The van der Waals surface area contributed by atoms with Gasteiger partial charge in [0.15, 0.2) is 5.69 Å². The SMILES string of the molecule is Cc1c(C)c(C)c(-c2cc(C(=O)O)nn2-c2c(C)c(C)c(C)c(C)c2C)c(C)c1C. The van der Waals surface area contributed by atoms with Crippen LogP contribution in [0.25, 0.3) is 16.9 Å². The minimum Gasteiger partial charge on any atom is -0.476 e. The molecule has 0 saturated carbocycles. The van der Waals surface area contributed by atoms with Gasteiger partial charge in [-0.3, -0.25) is 0 Å². The molecule has 0 spiro atoms. The summed E-state index contributed by atoms with van der Waals surface area (Å²) in [6.07, 6.45) is 0. The second-order valence-electron chi connectivity index (χ2n) is 8.61. The highest BCUT2D eigenvalue weighted by molar-refractivity contribution is 5.88. The minimum absolute atomic E-state index is 0.0642. The molecule has 0 aliphatic heterocycles. The summed E-state index contributed by atoms with van der Waals surface area (Å²) in [6.45, 7) is 21.2. The van der Waals surface area contributed by atoms with E-state index in [0.717, 1.165) is 28.1 Å². The number of hydrogen-bond acceptors (Lipinski definition) is 2. The third kappa shape index (κ3) is 3.06. The number of aromatic carboxylic acids is 1. The molecule has 1 heterocycles. The van der Waals surface area contributed by atoms with Gasteiger partial charge in [0.05, 0.1) is 11.4 Å². The molecule has 0 atom stereocenters. The molecule has 3 rings (SSSR count). The van der Waals surface area contributed by atoms with Gasteiger partial charge in [0.25, 0.3) is 0 Å². The number of benzene rings is 2. The standard InChI is InChI=1S/C26H32N2O2/c1-12-14(3)18(7)24(19(8)15(12)4)23-11-22(26(29)30)27-28(23)25-20(9)16(5)13(2)17(6)21(25)10/h11H,1-10H3,(H,29,30). The molecule has 4 nitrogen and oxygen atoms in total. The third-order valence-corrected chi connectivity index (χ3v) is 7.36. The molecular weight excluding hydrogens is 372 g/mol. The van der Waals surface area contributed by atoms with Crippen molar-refractivity contribution in [3.8, 4) is 16.9 Å². The Morgan fingerprint density at radius 2 is 1.03 bits per heavy atom. The number of hydrogen-bond donors (Lipinski definition) is 1. The Morgan fingerprint density at radius 3 is 1.43 bits per heavy atom. The summed E-state index contributed by atoms with van der Waals surface area (Å²) in [5.41, 5.74) is 15.0. The molecule has 0 amide bonds. The average Bonchev–Trinajstić information content (AvgIpc) is 3.13. The van der Waals surface area contributed by atoms with Crippen molar-refractivity contribution in [2.45, 2.75) is 69.2 Å². The van der Waals surface area contributed by atoms with Crippen molar-refractivity contribution in [1.29, 1.82) is 0 Å². The van der Waals surface area contributed by atoms with Crippen LogP contribution in [0.3, 0.4) is 0 Å². The van der Waals surface area contributed by atoms with E-state index in [4.69, 9.17) is 0 Å². The van der Waals surface area contributed by atoms with E-state index in [1.165, 1.54) is 44.5 Å². The molecule has 0 aliphatic carbocycles. The summed E-state index contributed by atoms with van der Waals surface area (Å²) in [5, 5.41) is 14.3. The first-order valence-corrected chi connectivity index (χ1v) is 10.4. The van der Waals surface area contributed by atoms with E-state index in [-0.39, 0.29) is 5.69 Å². The van der Waals surface area contributed by atoms with Gasteiger partial charge in [-0.2, -0.15) is 5.10 Å². The van der Waals surface area contributed by atoms with Gasteiger partial charge in [0.2, 0.25) is 0 Å². The van der Waals surface area contributed by atoms with Crippen LogP contribution in [0.4, 0.5) is 0 Å². The van der Waals surface area contributed by atoms with Crippen LogP contribution >= 0.6 is 0 Å². The molecule has 0 aliphatic rings. The molecular formula is C26H32N2O2. The van der Waals surface area contributed by atoms with E-state index in [0.29, 0.717) is 0 Å². The van der Waals surface area contributed by atoms with Crippen molar-refractivity contribution in [2.75, 3.05) is 0 Å². The van der Waals surface area contributed by atoms with Crippen LogP contribution in [-0.2, 0) is 0 Å².